The monoisotopic (exact) mass is 376 g/mol. The van der Waals surface area contributed by atoms with Crippen LogP contribution in [0.1, 0.15) is 24.2 Å². The fourth-order valence-corrected chi connectivity index (χ4v) is 4.60. The van der Waals surface area contributed by atoms with E-state index in [1.165, 1.54) is 7.11 Å². The molecule has 5 nitrogen and oxygen atoms in total. The van der Waals surface area contributed by atoms with Crippen molar-refractivity contribution in [2.75, 3.05) is 39.2 Å². The number of carbonyl (C=O) groups excluding carboxylic acids is 2. The number of nitrogens with zero attached hydrogens (tertiary/aromatic N) is 2. The molecule has 1 amide bonds. The summed E-state index contributed by atoms with van der Waals surface area (Å²) in [6, 6.07) is 5.48. The molecule has 0 spiro atoms. The third-order valence-corrected chi connectivity index (χ3v) is 6.53. The van der Waals surface area contributed by atoms with E-state index in [0.717, 1.165) is 17.1 Å². The van der Waals surface area contributed by atoms with Crippen molar-refractivity contribution in [2.24, 2.45) is 11.8 Å². The molecular formula is C20H28N2O3S. The van der Waals surface area contributed by atoms with E-state index in [1.54, 1.807) is 17.8 Å². The number of thioether (sulfide) groups is 1. The number of hydrogen-bond acceptors (Lipinski definition) is 5. The van der Waals surface area contributed by atoms with Crippen molar-refractivity contribution in [3.63, 3.8) is 0 Å². The summed E-state index contributed by atoms with van der Waals surface area (Å²) in [6.45, 7) is 9.24. The Hall–Kier alpha value is -1.79. The van der Waals surface area contributed by atoms with Gasteiger partial charge in [0, 0.05) is 29.2 Å². The second-order valence-corrected chi connectivity index (χ2v) is 8.09. The van der Waals surface area contributed by atoms with E-state index in [-0.39, 0.29) is 29.0 Å². The van der Waals surface area contributed by atoms with Crippen LogP contribution in [0.15, 0.2) is 35.7 Å². The highest BCUT2D eigenvalue weighted by Gasteiger charge is 2.38. The van der Waals surface area contributed by atoms with Crippen LogP contribution in [0.3, 0.4) is 0 Å². The smallest absolute Gasteiger partial charge is 0.339 e. The van der Waals surface area contributed by atoms with Crippen LogP contribution in [-0.4, -0.2) is 56.3 Å². The number of esters is 1. The molecule has 2 rings (SSSR count). The molecule has 3 unspecified atom stereocenters. The number of ether oxygens (including phenoxy) is 1. The second kappa shape index (κ2) is 8.73. The van der Waals surface area contributed by atoms with Gasteiger partial charge in [-0.15, -0.1) is 18.3 Å². The predicted molar refractivity (Wildman–Crippen MR) is 107 cm³/mol. The number of rotatable bonds is 6. The molecule has 142 valence electrons. The number of carbonyl (C=O) groups is 2. The van der Waals surface area contributed by atoms with Gasteiger partial charge in [-0.05, 0) is 32.1 Å². The van der Waals surface area contributed by atoms with Gasteiger partial charge in [-0.3, -0.25) is 4.79 Å². The van der Waals surface area contributed by atoms with Gasteiger partial charge in [-0.2, -0.15) is 0 Å². The van der Waals surface area contributed by atoms with Gasteiger partial charge in [-0.25, -0.2) is 4.79 Å². The lowest BCUT2D eigenvalue weighted by molar-refractivity contribution is -0.122. The Morgan fingerprint density at radius 3 is 2.73 bits per heavy atom. The standard InChI is InChI=1S/C20H28N2O3S/c1-7-13(2)17-14(3)19(23)22(12-11-21(4)5)16-10-8-9-15(18(16)26-17)20(24)25-6/h7-10,13-14,17H,1,11-12H2,2-6H3. The molecule has 1 aromatic carbocycles. The van der Waals surface area contributed by atoms with Crippen LogP contribution in [0.5, 0.6) is 0 Å². The van der Waals surface area contributed by atoms with Crippen LogP contribution in [0.4, 0.5) is 5.69 Å². The van der Waals surface area contributed by atoms with Crippen LogP contribution in [0, 0.1) is 11.8 Å². The lowest BCUT2D eigenvalue weighted by Crippen LogP contribution is -2.42. The number of fused-ring (bicyclic) bond motifs is 1. The first-order chi connectivity index (χ1) is 12.3. The third-order valence-electron chi connectivity index (χ3n) is 4.75. The van der Waals surface area contributed by atoms with Gasteiger partial charge in [0.2, 0.25) is 5.91 Å². The summed E-state index contributed by atoms with van der Waals surface area (Å²) < 4.78 is 4.97. The zero-order chi connectivity index (χ0) is 19.4. The molecule has 0 fully saturated rings. The second-order valence-electron chi connectivity index (χ2n) is 6.90. The van der Waals surface area contributed by atoms with E-state index >= 15 is 0 Å². The van der Waals surface area contributed by atoms with Crippen LogP contribution in [0.25, 0.3) is 0 Å². The van der Waals surface area contributed by atoms with E-state index in [9.17, 15) is 9.59 Å². The minimum Gasteiger partial charge on any atom is -0.465 e. The van der Waals surface area contributed by atoms with Crippen LogP contribution >= 0.6 is 11.8 Å². The molecule has 1 aliphatic rings. The summed E-state index contributed by atoms with van der Waals surface area (Å²) >= 11 is 1.58. The van der Waals surface area contributed by atoms with Crippen LogP contribution in [-0.2, 0) is 9.53 Å². The number of hydrogen-bond donors (Lipinski definition) is 0. The van der Waals surface area contributed by atoms with E-state index in [2.05, 4.69) is 13.5 Å². The predicted octanol–water partition coefficient (Wildman–Crippen LogP) is 3.30. The summed E-state index contributed by atoms with van der Waals surface area (Å²) in [5, 5.41) is 0.00825. The summed E-state index contributed by atoms with van der Waals surface area (Å²) in [5.41, 5.74) is 1.29. The van der Waals surface area contributed by atoms with E-state index < -0.39 is 0 Å². The topological polar surface area (TPSA) is 49.9 Å². The molecule has 0 saturated heterocycles. The Balaban J connectivity index is 2.59. The van der Waals surface area contributed by atoms with Crippen molar-refractivity contribution in [1.29, 1.82) is 0 Å². The Kier molecular flexibility index (Phi) is 6.89. The summed E-state index contributed by atoms with van der Waals surface area (Å²) in [5.74, 6) is -0.355. The Morgan fingerprint density at radius 1 is 1.46 bits per heavy atom. The van der Waals surface area contributed by atoms with Gasteiger partial charge in [0.15, 0.2) is 0 Å². The van der Waals surface area contributed by atoms with Crippen molar-refractivity contribution in [3.05, 3.63) is 36.4 Å². The minimum absolute atomic E-state index is 0.00825. The third kappa shape index (κ3) is 4.13. The Labute approximate surface area is 160 Å². The van der Waals surface area contributed by atoms with Gasteiger partial charge in [-0.1, -0.05) is 26.0 Å². The van der Waals surface area contributed by atoms with Gasteiger partial charge in [0.1, 0.15) is 0 Å². The molecule has 0 saturated carbocycles. The summed E-state index contributed by atoms with van der Waals surface area (Å²) in [7, 11) is 5.34. The number of anilines is 1. The lowest BCUT2D eigenvalue weighted by Gasteiger charge is -2.28. The summed E-state index contributed by atoms with van der Waals surface area (Å²) in [6.07, 6.45) is 1.87. The van der Waals surface area contributed by atoms with Gasteiger partial charge < -0.3 is 14.5 Å². The SMILES string of the molecule is C=CC(C)C1Sc2c(C(=O)OC)cccc2N(CCN(C)C)C(=O)C1C. The number of allylic oxidation sites excluding steroid dienone is 1. The zero-order valence-electron chi connectivity index (χ0n) is 16.2. The number of benzene rings is 1. The minimum atomic E-state index is -0.381. The first kappa shape index (κ1) is 20.5. The fraction of sp³-hybridized carbons (Fsp3) is 0.500. The molecule has 0 radical (unpaired) electrons. The van der Waals surface area contributed by atoms with Crippen LogP contribution < -0.4 is 4.90 Å². The first-order valence-corrected chi connectivity index (χ1v) is 9.66. The Morgan fingerprint density at radius 2 is 2.15 bits per heavy atom. The van der Waals surface area contributed by atoms with Crippen LogP contribution in [0.2, 0.25) is 0 Å². The summed E-state index contributed by atoms with van der Waals surface area (Å²) in [4.78, 5) is 30.2. The molecule has 0 aliphatic carbocycles. The molecule has 0 aromatic heterocycles. The molecule has 0 bridgehead atoms. The number of likely N-dealkylation sites (N-methyl/N-ethyl adjacent to an activating group) is 1. The Bertz CT molecular complexity index is 690. The highest BCUT2D eigenvalue weighted by Crippen LogP contribution is 2.45. The molecule has 6 heteroatoms. The van der Waals surface area contributed by atoms with E-state index in [1.807, 2.05) is 49.0 Å². The normalized spacial score (nSPS) is 21.2. The fourth-order valence-electron chi connectivity index (χ4n) is 3.10. The first-order valence-electron chi connectivity index (χ1n) is 8.78. The molecule has 1 heterocycles. The highest BCUT2D eigenvalue weighted by atomic mass is 32.2. The largest absolute Gasteiger partial charge is 0.465 e. The lowest BCUT2D eigenvalue weighted by atomic mass is 9.95. The van der Waals surface area contributed by atoms with Crippen molar-refractivity contribution in [3.8, 4) is 0 Å². The maximum absolute atomic E-state index is 13.2. The number of methoxy groups -OCH3 is 1. The number of amides is 1. The van der Waals surface area contributed by atoms with Crippen molar-refractivity contribution in [1.82, 2.24) is 4.90 Å². The van der Waals surface area contributed by atoms with E-state index in [4.69, 9.17) is 4.74 Å². The van der Waals surface area contributed by atoms with Gasteiger partial charge in [0.25, 0.3) is 0 Å². The molecule has 26 heavy (non-hydrogen) atoms. The highest BCUT2D eigenvalue weighted by molar-refractivity contribution is 8.00. The quantitative estimate of drug-likeness (QED) is 0.563. The van der Waals surface area contributed by atoms with Gasteiger partial charge in [0.05, 0.1) is 18.4 Å². The van der Waals surface area contributed by atoms with Gasteiger partial charge >= 0.3 is 5.97 Å². The molecule has 0 N–H and O–H groups in total. The van der Waals surface area contributed by atoms with Crippen molar-refractivity contribution in [2.45, 2.75) is 24.0 Å². The average molecular weight is 377 g/mol. The van der Waals surface area contributed by atoms with Crippen molar-refractivity contribution >= 4 is 29.3 Å². The maximum Gasteiger partial charge on any atom is 0.339 e. The van der Waals surface area contributed by atoms with E-state index in [0.29, 0.717) is 12.1 Å². The molecule has 3 atom stereocenters. The molecule has 1 aromatic rings. The van der Waals surface area contributed by atoms with Crippen molar-refractivity contribution < 1.29 is 14.3 Å². The molecule has 1 aliphatic heterocycles. The zero-order valence-corrected chi connectivity index (χ0v) is 17.0. The average Bonchev–Trinajstić information content (AvgIpc) is 2.74. The maximum atomic E-state index is 13.2. The molecular weight excluding hydrogens is 348 g/mol.